The van der Waals surface area contributed by atoms with Crippen LogP contribution in [0, 0.1) is 11.3 Å². The van der Waals surface area contributed by atoms with Gasteiger partial charge >= 0.3 is 0 Å². The molecule has 1 aromatic rings. The van der Waals surface area contributed by atoms with Crippen LogP contribution in [-0.4, -0.2) is 29.8 Å². The molecule has 1 aliphatic carbocycles. The molecule has 0 amide bonds. The fourth-order valence-electron chi connectivity index (χ4n) is 2.35. The number of hydrogen-bond acceptors (Lipinski definition) is 3. The van der Waals surface area contributed by atoms with Crippen LogP contribution in [0.1, 0.15) is 54.9 Å². The van der Waals surface area contributed by atoms with E-state index in [0.717, 1.165) is 18.4 Å². The zero-order chi connectivity index (χ0) is 14.5. The van der Waals surface area contributed by atoms with Gasteiger partial charge in [-0.1, -0.05) is 38.1 Å². The van der Waals surface area contributed by atoms with E-state index in [1.807, 2.05) is 24.3 Å². The zero-order valence-corrected chi connectivity index (χ0v) is 12.3. The Morgan fingerprint density at radius 3 is 2.50 bits per heavy atom. The Morgan fingerprint density at radius 2 is 2.00 bits per heavy atom. The number of benzene rings is 1. The van der Waals surface area contributed by atoms with Gasteiger partial charge in [0.25, 0.3) is 0 Å². The number of hydrogen-bond donors (Lipinski definition) is 0. The molecule has 3 nitrogen and oxygen atoms in total. The third-order valence-electron chi connectivity index (χ3n) is 3.82. The van der Waals surface area contributed by atoms with E-state index in [-0.39, 0.29) is 5.78 Å². The molecule has 0 atom stereocenters. The Bertz CT molecular complexity index is 495. The van der Waals surface area contributed by atoms with Crippen LogP contribution in [0.15, 0.2) is 24.3 Å². The summed E-state index contributed by atoms with van der Waals surface area (Å²) in [5.74, 6) is 0.642. The van der Waals surface area contributed by atoms with Crippen molar-refractivity contribution in [2.75, 3.05) is 13.1 Å². The topological polar surface area (TPSA) is 44.1 Å². The van der Waals surface area contributed by atoms with E-state index < -0.39 is 0 Å². The SMILES string of the molecule is CC(C)c1ccc(C(=O)CN(CCC#N)C2CC2)cc1. The second-order valence-electron chi connectivity index (χ2n) is 5.81. The van der Waals surface area contributed by atoms with Gasteiger partial charge in [-0.05, 0) is 24.3 Å². The van der Waals surface area contributed by atoms with Crippen molar-refractivity contribution in [3.8, 4) is 6.07 Å². The molecule has 0 N–H and O–H groups in total. The predicted octanol–water partition coefficient (Wildman–Crippen LogP) is 3.37. The molecule has 1 aliphatic rings. The fraction of sp³-hybridized carbons (Fsp3) is 0.529. The third-order valence-corrected chi connectivity index (χ3v) is 3.82. The average Bonchev–Trinajstić information content (AvgIpc) is 3.27. The van der Waals surface area contributed by atoms with E-state index in [4.69, 9.17) is 5.26 Å². The summed E-state index contributed by atoms with van der Waals surface area (Å²) in [4.78, 5) is 14.5. The van der Waals surface area contributed by atoms with Gasteiger partial charge < -0.3 is 0 Å². The molecular weight excluding hydrogens is 248 g/mol. The van der Waals surface area contributed by atoms with Crippen molar-refractivity contribution in [1.29, 1.82) is 5.26 Å². The van der Waals surface area contributed by atoms with E-state index in [1.165, 1.54) is 5.56 Å². The number of ketones is 1. The van der Waals surface area contributed by atoms with Gasteiger partial charge in [0.05, 0.1) is 12.6 Å². The molecule has 20 heavy (non-hydrogen) atoms. The maximum absolute atomic E-state index is 12.3. The summed E-state index contributed by atoms with van der Waals surface area (Å²) in [6, 6.07) is 10.6. The van der Waals surface area contributed by atoms with Gasteiger partial charge in [-0.25, -0.2) is 0 Å². The molecule has 0 unspecified atom stereocenters. The fourth-order valence-corrected chi connectivity index (χ4v) is 2.35. The Balaban J connectivity index is 1.97. The van der Waals surface area contributed by atoms with E-state index in [0.29, 0.717) is 31.5 Å². The lowest BCUT2D eigenvalue weighted by molar-refractivity contribution is 0.0926. The molecule has 1 fully saturated rings. The van der Waals surface area contributed by atoms with Gasteiger partial charge in [0.2, 0.25) is 0 Å². The smallest absolute Gasteiger partial charge is 0.176 e. The number of rotatable bonds is 7. The summed E-state index contributed by atoms with van der Waals surface area (Å²) >= 11 is 0. The minimum atomic E-state index is 0.158. The molecule has 0 bridgehead atoms. The van der Waals surface area contributed by atoms with Gasteiger partial charge in [0.15, 0.2) is 5.78 Å². The third kappa shape index (κ3) is 3.91. The van der Waals surface area contributed by atoms with Crippen molar-refractivity contribution in [3.63, 3.8) is 0 Å². The first-order valence-electron chi connectivity index (χ1n) is 7.36. The minimum Gasteiger partial charge on any atom is -0.293 e. The summed E-state index contributed by atoms with van der Waals surface area (Å²) in [6.45, 7) is 5.44. The van der Waals surface area contributed by atoms with E-state index in [1.54, 1.807) is 0 Å². The molecule has 0 spiro atoms. The van der Waals surface area contributed by atoms with Crippen molar-refractivity contribution in [2.24, 2.45) is 0 Å². The molecule has 2 rings (SSSR count). The van der Waals surface area contributed by atoms with E-state index >= 15 is 0 Å². The quantitative estimate of drug-likeness (QED) is 0.713. The molecule has 0 saturated heterocycles. The van der Waals surface area contributed by atoms with Gasteiger partial charge in [0, 0.05) is 24.6 Å². The first-order valence-corrected chi connectivity index (χ1v) is 7.36. The second-order valence-corrected chi connectivity index (χ2v) is 5.81. The van der Waals surface area contributed by atoms with Gasteiger partial charge in [-0.15, -0.1) is 0 Å². The first-order chi connectivity index (χ1) is 9.61. The normalized spacial score (nSPS) is 14.6. The Kier molecular flexibility index (Phi) is 4.92. The van der Waals surface area contributed by atoms with Crippen LogP contribution in [0.25, 0.3) is 0 Å². The van der Waals surface area contributed by atoms with Crippen LogP contribution >= 0.6 is 0 Å². The highest BCUT2D eigenvalue weighted by atomic mass is 16.1. The van der Waals surface area contributed by atoms with Gasteiger partial charge in [-0.3, -0.25) is 9.69 Å². The lowest BCUT2D eigenvalue weighted by atomic mass is 10.0. The van der Waals surface area contributed by atoms with Crippen molar-refractivity contribution >= 4 is 5.78 Å². The lowest BCUT2D eigenvalue weighted by Crippen LogP contribution is -2.32. The molecule has 3 heteroatoms. The predicted molar refractivity (Wildman–Crippen MR) is 79.7 cm³/mol. The summed E-state index contributed by atoms with van der Waals surface area (Å²) < 4.78 is 0. The summed E-state index contributed by atoms with van der Waals surface area (Å²) in [5.41, 5.74) is 2.03. The molecule has 1 aromatic carbocycles. The number of nitriles is 1. The molecular formula is C17H22N2O. The number of Topliss-reactive ketones (excluding diaryl/α,β-unsaturated/α-hetero) is 1. The first kappa shape index (κ1) is 14.7. The molecule has 0 heterocycles. The highest BCUT2D eigenvalue weighted by Crippen LogP contribution is 2.27. The Labute approximate surface area is 121 Å². The molecule has 0 aromatic heterocycles. The van der Waals surface area contributed by atoms with Gasteiger partial charge in [0.1, 0.15) is 0 Å². The van der Waals surface area contributed by atoms with Crippen LogP contribution in [0.3, 0.4) is 0 Å². The number of nitrogens with zero attached hydrogens (tertiary/aromatic N) is 2. The van der Waals surface area contributed by atoms with Crippen molar-refractivity contribution in [1.82, 2.24) is 4.90 Å². The molecule has 0 aliphatic heterocycles. The van der Waals surface area contributed by atoms with Crippen molar-refractivity contribution < 1.29 is 4.79 Å². The largest absolute Gasteiger partial charge is 0.293 e. The van der Waals surface area contributed by atoms with E-state index in [9.17, 15) is 4.79 Å². The molecule has 0 radical (unpaired) electrons. The monoisotopic (exact) mass is 270 g/mol. The lowest BCUT2D eigenvalue weighted by Gasteiger charge is -2.19. The zero-order valence-electron chi connectivity index (χ0n) is 12.3. The Morgan fingerprint density at radius 1 is 1.35 bits per heavy atom. The van der Waals surface area contributed by atoms with E-state index in [2.05, 4.69) is 24.8 Å². The highest BCUT2D eigenvalue weighted by molar-refractivity contribution is 5.97. The molecule has 106 valence electrons. The average molecular weight is 270 g/mol. The summed E-state index contributed by atoms with van der Waals surface area (Å²) in [7, 11) is 0. The van der Waals surface area contributed by atoms with Crippen molar-refractivity contribution in [2.45, 2.75) is 45.1 Å². The van der Waals surface area contributed by atoms with Gasteiger partial charge in [-0.2, -0.15) is 5.26 Å². The molecule has 1 saturated carbocycles. The second kappa shape index (κ2) is 6.67. The van der Waals surface area contributed by atoms with Crippen molar-refractivity contribution in [3.05, 3.63) is 35.4 Å². The minimum absolute atomic E-state index is 0.158. The summed E-state index contributed by atoms with van der Waals surface area (Å²) in [5, 5.41) is 8.69. The standard InChI is InChI=1S/C17H22N2O/c1-13(2)14-4-6-15(7-5-14)17(20)12-19(11-3-10-18)16-8-9-16/h4-7,13,16H,3,8-9,11-12H2,1-2H3. The van der Waals surface area contributed by atoms with Crippen LogP contribution < -0.4 is 0 Å². The van der Waals surface area contributed by atoms with Crippen LogP contribution in [-0.2, 0) is 0 Å². The highest BCUT2D eigenvalue weighted by Gasteiger charge is 2.29. The number of carbonyl (C=O) groups excluding carboxylic acids is 1. The maximum Gasteiger partial charge on any atom is 0.176 e. The maximum atomic E-state index is 12.3. The number of carbonyl (C=O) groups is 1. The van der Waals surface area contributed by atoms with Crippen LogP contribution in [0.2, 0.25) is 0 Å². The van der Waals surface area contributed by atoms with Crippen LogP contribution in [0.4, 0.5) is 0 Å². The van der Waals surface area contributed by atoms with Crippen LogP contribution in [0.5, 0.6) is 0 Å². The Hall–Kier alpha value is -1.66. The summed E-state index contributed by atoms with van der Waals surface area (Å²) in [6.07, 6.45) is 2.81.